The summed E-state index contributed by atoms with van der Waals surface area (Å²) in [4.78, 5) is 32.8. The van der Waals surface area contributed by atoms with Crippen molar-refractivity contribution < 1.29 is 9.59 Å². The van der Waals surface area contributed by atoms with Crippen LogP contribution in [0.3, 0.4) is 0 Å². The van der Waals surface area contributed by atoms with Crippen molar-refractivity contribution >= 4 is 23.3 Å². The fourth-order valence-corrected chi connectivity index (χ4v) is 3.74. The normalized spacial score (nSPS) is 18.2. The zero-order valence-electron chi connectivity index (χ0n) is 16.0. The summed E-state index contributed by atoms with van der Waals surface area (Å²) in [6.45, 7) is 5.27. The second-order valence-corrected chi connectivity index (χ2v) is 7.33. The first-order valence-corrected chi connectivity index (χ1v) is 9.69. The molecule has 2 amide bonds. The summed E-state index contributed by atoms with van der Waals surface area (Å²) in [5, 5.41) is 5.76. The summed E-state index contributed by atoms with van der Waals surface area (Å²) in [7, 11) is 0. The number of carbonyl (C=O) groups is 2. The van der Waals surface area contributed by atoms with E-state index in [9.17, 15) is 9.59 Å². The minimum absolute atomic E-state index is 0.00218. The van der Waals surface area contributed by atoms with E-state index in [0.717, 1.165) is 31.9 Å². The molecule has 1 atom stereocenters. The van der Waals surface area contributed by atoms with Crippen LogP contribution in [0.5, 0.6) is 0 Å². The molecule has 2 N–H and O–H groups in total. The van der Waals surface area contributed by atoms with E-state index in [1.165, 1.54) is 11.1 Å². The molecular weight excluding hydrogens is 354 g/mol. The van der Waals surface area contributed by atoms with Gasteiger partial charge in [0.1, 0.15) is 5.82 Å². The van der Waals surface area contributed by atoms with Gasteiger partial charge in [-0.3, -0.25) is 14.5 Å². The average Bonchev–Trinajstić information content (AvgIpc) is 2.73. The number of hydrogen-bond acceptors (Lipinski definition) is 5. The van der Waals surface area contributed by atoms with Crippen LogP contribution in [0.4, 0.5) is 11.5 Å². The van der Waals surface area contributed by atoms with Crippen molar-refractivity contribution in [3.8, 4) is 0 Å². The number of hydrogen-bond donors (Lipinski definition) is 2. The number of rotatable bonds is 4. The van der Waals surface area contributed by atoms with Crippen LogP contribution in [0.2, 0.25) is 0 Å². The molecule has 3 heterocycles. The summed E-state index contributed by atoms with van der Waals surface area (Å²) >= 11 is 0. The quantitative estimate of drug-likeness (QED) is 0.840. The maximum absolute atomic E-state index is 12.7. The Bertz CT molecular complexity index is 867. The minimum atomic E-state index is -0.223. The van der Waals surface area contributed by atoms with Gasteiger partial charge in [0.05, 0.1) is 24.5 Å². The molecule has 0 bridgehead atoms. The van der Waals surface area contributed by atoms with Crippen LogP contribution in [-0.2, 0) is 22.6 Å². The van der Waals surface area contributed by atoms with Gasteiger partial charge in [-0.05, 0) is 36.6 Å². The lowest BCUT2D eigenvalue weighted by molar-refractivity contribution is -0.121. The lowest BCUT2D eigenvalue weighted by atomic mass is 9.99. The smallest absolute Gasteiger partial charge is 0.241 e. The summed E-state index contributed by atoms with van der Waals surface area (Å²) < 4.78 is 0. The number of benzene rings is 1. The number of fused-ring (bicyclic) bond motifs is 1. The number of aromatic nitrogens is 1. The van der Waals surface area contributed by atoms with E-state index in [2.05, 4.69) is 38.7 Å². The second-order valence-electron chi connectivity index (χ2n) is 7.33. The van der Waals surface area contributed by atoms with Crippen LogP contribution in [-0.4, -0.2) is 53.9 Å². The molecule has 0 spiro atoms. The molecule has 1 saturated heterocycles. The predicted octanol–water partition coefficient (Wildman–Crippen LogP) is 1.40. The van der Waals surface area contributed by atoms with Crippen LogP contribution < -0.4 is 15.5 Å². The predicted molar refractivity (Wildman–Crippen MR) is 108 cm³/mol. The van der Waals surface area contributed by atoms with Gasteiger partial charge in [-0.25, -0.2) is 4.98 Å². The van der Waals surface area contributed by atoms with E-state index in [0.29, 0.717) is 18.8 Å². The molecule has 2 aliphatic rings. The maximum atomic E-state index is 12.7. The van der Waals surface area contributed by atoms with Crippen LogP contribution in [0.15, 0.2) is 42.6 Å². The highest BCUT2D eigenvalue weighted by molar-refractivity contribution is 5.94. The molecule has 0 saturated carbocycles. The van der Waals surface area contributed by atoms with Gasteiger partial charge in [-0.15, -0.1) is 0 Å². The van der Waals surface area contributed by atoms with Crippen molar-refractivity contribution in [1.82, 2.24) is 15.2 Å². The Hall–Kier alpha value is -2.93. The summed E-state index contributed by atoms with van der Waals surface area (Å²) in [5.41, 5.74) is 3.34. The van der Waals surface area contributed by atoms with Crippen molar-refractivity contribution in [2.75, 3.05) is 36.4 Å². The molecule has 7 nitrogen and oxygen atoms in total. The van der Waals surface area contributed by atoms with Crippen molar-refractivity contribution in [2.24, 2.45) is 0 Å². The highest BCUT2D eigenvalue weighted by Gasteiger charge is 2.25. The maximum Gasteiger partial charge on any atom is 0.241 e. The largest absolute Gasteiger partial charge is 0.353 e. The van der Waals surface area contributed by atoms with Gasteiger partial charge in [0, 0.05) is 26.2 Å². The lowest BCUT2D eigenvalue weighted by Gasteiger charge is -2.32. The van der Waals surface area contributed by atoms with Crippen molar-refractivity contribution in [3.63, 3.8) is 0 Å². The standard InChI is InChI=1S/C21H25N5O2/c1-15(25-10-8-16-4-2-3-5-17(16)13-25)21(28)24-18-6-7-19(23-12-18)26-11-9-22-20(27)14-26/h2-7,12,15H,8-11,13-14H2,1H3,(H,22,27)(H,24,28). The highest BCUT2D eigenvalue weighted by Crippen LogP contribution is 2.21. The molecule has 1 unspecified atom stereocenters. The van der Waals surface area contributed by atoms with E-state index in [1.54, 1.807) is 6.20 Å². The van der Waals surface area contributed by atoms with E-state index < -0.39 is 0 Å². The molecule has 7 heteroatoms. The number of piperazine rings is 1. The van der Waals surface area contributed by atoms with E-state index in [-0.39, 0.29) is 17.9 Å². The van der Waals surface area contributed by atoms with Gasteiger partial charge < -0.3 is 15.5 Å². The molecule has 1 aromatic carbocycles. The zero-order valence-corrected chi connectivity index (χ0v) is 16.0. The zero-order chi connectivity index (χ0) is 19.5. The number of amides is 2. The number of nitrogens with zero attached hydrogens (tertiary/aromatic N) is 3. The Morgan fingerprint density at radius 2 is 1.96 bits per heavy atom. The van der Waals surface area contributed by atoms with Gasteiger partial charge in [-0.2, -0.15) is 0 Å². The molecule has 1 aromatic heterocycles. The molecule has 146 valence electrons. The molecule has 0 aliphatic carbocycles. The number of nitrogens with one attached hydrogen (secondary N) is 2. The van der Waals surface area contributed by atoms with Gasteiger partial charge in [0.25, 0.3) is 0 Å². The highest BCUT2D eigenvalue weighted by atomic mass is 16.2. The Morgan fingerprint density at radius 3 is 2.71 bits per heavy atom. The van der Waals surface area contributed by atoms with Gasteiger partial charge in [0.2, 0.25) is 11.8 Å². The van der Waals surface area contributed by atoms with Crippen LogP contribution in [0.25, 0.3) is 0 Å². The van der Waals surface area contributed by atoms with Gasteiger partial charge in [0.15, 0.2) is 0 Å². The first-order valence-electron chi connectivity index (χ1n) is 9.69. The Kier molecular flexibility index (Phi) is 5.25. The average molecular weight is 379 g/mol. The second kappa shape index (κ2) is 7.98. The van der Waals surface area contributed by atoms with Crippen molar-refractivity contribution in [3.05, 3.63) is 53.7 Å². The van der Waals surface area contributed by atoms with E-state index >= 15 is 0 Å². The van der Waals surface area contributed by atoms with Gasteiger partial charge >= 0.3 is 0 Å². The van der Waals surface area contributed by atoms with E-state index in [1.807, 2.05) is 30.0 Å². The van der Waals surface area contributed by atoms with Crippen LogP contribution >= 0.6 is 0 Å². The lowest BCUT2D eigenvalue weighted by Crippen LogP contribution is -2.48. The van der Waals surface area contributed by atoms with Crippen molar-refractivity contribution in [1.29, 1.82) is 0 Å². The number of carbonyl (C=O) groups excluding carboxylic acids is 2. The molecule has 0 radical (unpaired) electrons. The van der Waals surface area contributed by atoms with E-state index in [4.69, 9.17) is 0 Å². The summed E-state index contributed by atoms with van der Waals surface area (Å²) in [6, 6.07) is 11.9. The van der Waals surface area contributed by atoms with Gasteiger partial charge in [-0.1, -0.05) is 24.3 Å². The monoisotopic (exact) mass is 379 g/mol. The third kappa shape index (κ3) is 3.99. The third-order valence-electron chi connectivity index (χ3n) is 5.47. The first kappa shape index (κ1) is 18.4. The molecule has 4 rings (SSSR count). The first-order chi connectivity index (χ1) is 13.6. The molecule has 2 aliphatic heterocycles. The summed E-state index contributed by atoms with van der Waals surface area (Å²) in [6.07, 6.45) is 2.62. The molecular formula is C21H25N5O2. The fourth-order valence-electron chi connectivity index (χ4n) is 3.74. The van der Waals surface area contributed by atoms with Crippen molar-refractivity contribution in [2.45, 2.75) is 25.9 Å². The SMILES string of the molecule is CC(C(=O)Nc1ccc(N2CCNC(=O)C2)nc1)N1CCc2ccccc2C1. The topological polar surface area (TPSA) is 77.6 Å². The fraction of sp³-hybridized carbons (Fsp3) is 0.381. The molecule has 2 aromatic rings. The Morgan fingerprint density at radius 1 is 1.14 bits per heavy atom. The number of anilines is 2. The Labute approximate surface area is 164 Å². The summed E-state index contributed by atoms with van der Waals surface area (Å²) in [5.74, 6) is 0.710. The van der Waals surface area contributed by atoms with Crippen LogP contribution in [0, 0.1) is 0 Å². The third-order valence-corrected chi connectivity index (χ3v) is 5.47. The molecule has 1 fully saturated rings. The minimum Gasteiger partial charge on any atom is -0.353 e. The van der Waals surface area contributed by atoms with Crippen LogP contribution in [0.1, 0.15) is 18.1 Å². The Balaban J connectivity index is 1.36. The molecule has 28 heavy (non-hydrogen) atoms. The number of pyridine rings is 1.